The van der Waals surface area contributed by atoms with E-state index in [1.165, 1.54) is 4.90 Å². The summed E-state index contributed by atoms with van der Waals surface area (Å²) < 4.78 is 0. The topological polar surface area (TPSA) is 41.1 Å². The summed E-state index contributed by atoms with van der Waals surface area (Å²) in [6, 6.07) is 8.19. The van der Waals surface area contributed by atoms with Gasteiger partial charge in [-0.1, -0.05) is 26.0 Å². The van der Waals surface area contributed by atoms with Crippen LogP contribution < -0.4 is 10.6 Å². The van der Waals surface area contributed by atoms with Crippen LogP contribution in [0.5, 0.6) is 0 Å². The Hall–Kier alpha value is -1.16. The summed E-state index contributed by atoms with van der Waals surface area (Å²) >= 11 is 1.82. The lowest BCUT2D eigenvalue weighted by Gasteiger charge is -2.07. The molecule has 0 saturated heterocycles. The van der Waals surface area contributed by atoms with Crippen LogP contribution in [0.25, 0.3) is 0 Å². The zero-order chi connectivity index (χ0) is 12.5. The van der Waals surface area contributed by atoms with Gasteiger partial charge in [0.2, 0.25) is 0 Å². The van der Waals surface area contributed by atoms with E-state index in [2.05, 4.69) is 41.8 Å². The molecule has 1 aromatic rings. The number of thioether (sulfide) groups is 1. The second-order valence-electron chi connectivity index (χ2n) is 3.69. The van der Waals surface area contributed by atoms with Gasteiger partial charge in [0.25, 0.3) is 0 Å². The van der Waals surface area contributed by atoms with E-state index >= 15 is 0 Å². The molecular weight excluding hydrogens is 232 g/mol. The number of rotatable bonds is 6. The summed E-state index contributed by atoms with van der Waals surface area (Å²) in [4.78, 5) is 12.6. The lowest BCUT2D eigenvalue weighted by Crippen LogP contribution is -2.35. The van der Waals surface area contributed by atoms with Crippen molar-refractivity contribution in [2.24, 2.45) is 0 Å². The number of benzene rings is 1. The van der Waals surface area contributed by atoms with Crippen molar-refractivity contribution in [3.8, 4) is 0 Å². The van der Waals surface area contributed by atoms with E-state index in [9.17, 15) is 4.79 Å². The molecule has 0 bridgehead atoms. The Morgan fingerprint density at radius 1 is 1.18 bits per heavy atom. The van der Waals surface area contributed by atoms with Gasteiger partial charge in [-0.15, -0.1) is 11.8 Å². The highest BCUT2D eigenvalue weighted by atomic mass is 32.2. The third kappa shape index (κ3) is 5.63. The van der Waals surface area contributed by atoms with Gasteiger partial charge < -0.3 is 10.6 Å². The Labute approximate surface area is 107 Å². The highest BCUT2D eigenvalue weighted by molar-refractivity contribution is 7.99. The summed E-state index contributed by atoms with van der Waals surface area (Å²) in [6.07, 6.45) is 0.955. The monoisotopic (exact) mass is 252 g/mol. The summed E-state index contributed by atoms with van der Waals surface area (Å²) in [6.45, 7) is 5.47. The van der Waals surface area contributed by atoms with E-state index in [1.54, 1.807) is 0 Å². The fraction of sp³-hybridized carbons (Fsp3) is 0.462. The molecule has 0 aliphatic carbocycles. The van der Waals surface area contributed by atoms with Crippen molar-refractivity contribution in [3.63, 3.8) is 0 Å². The van der Waals surface area contributed by atoms with Gasteiger partial charge in [-0.3, -0.25) is 0 Å². The van der Waals surface area contributed by atoms with Crippen molar-refractivity contribution < 1.29 is 4.79 Å². The van der Waals surface area contributed by atoms with Crippen LogP contribution in [0.2, 0.25) is 0 Å². The zero-order valence-electron chi connectivity index (χ0n) is 10.5. The van der Waals surface area contributed by atoms with Gasteiger partial charge in [-0.05, 0) is 29.9 Å². The first-order valence-electron chi connectivity index (χ1n) is 5.99. The molecule has 17 heavy (non-hydrogen) atoms. The minimum atomic E-state index is -0.0983. The summed E-state index contributed by atoms with van der Waals surface area (Å²) in [5, 5.41) is 5.61. The minimum absolute atomic E-state index is 0.0983. The molecule has 0 aliphatic rings. The van der Waals surface area contributed by atoms with Crippen LogP contribution in [0.3, 0.4) is 0 Å². The highest BCUT2D eigenvalue weighted by Gasteiger charge is 1.99. The molecule has 0 atom stereocenters. The Balaban J connectivity index is 2.34. The molecule has 0 fully saturated rings. The molecule has 2 amide bonds. The van der Waals surface area contributed by atoms with Crippen LogP contribution in [0.15, 0.2) is 29.2 Å². The molecule has 1 aromatic carbocycles. The number of carbonyl (C=O) groups excluding carboxylic acids is 1. The summed E-state index contributed by atoms with van der Waals surface area (Å²) in [5.41, 5.74) is 1.12. The molecule has 0 aliphatic heterocycles. The van der Waals surface area contributed by atoms with Crippen molar-refractivity contribution in [3.05, 3.63) is 29.8 Å². The fourth-order valence-corrected chi connectivity index (χ4v) is 2.02. The maximum atomic E-state index is 11.3. The third-order valence-corrected chi connectivity index (χ3v) is 3.12. The maximum absolute atomic E-state index is 11.3. The van der Waals surface area contributed by atoms with Crippen LogP contribution in [-0.2, 0) is 6.54 Å². The first kappa shape index (κ1) is 13.9. The molecule has 0 unspecified atom stereocenters. The van der Waals surface area contributed by atoms with Crippen molar-refractivity contribution in [1.82, 2.24) is 10.6 Å². The molecule has 1 rings (SSSR count). The average Bonchev–Trinajstić information content (AvgIpc) is 2.36. The molecule has 0 heterocycles. The Morgan fingerprint density at radius 3 is 2.47 bits per heavy atom. The second-order valence-corrected chi connectivity index (χ2v) is 5.02. The van der Waals surface area contributed by atoms with Crippen LogP contribution in [-0.4, -0.2) is 18.3 Å². The predicted molar refractivity (Wildman–Crippen MR) is 73.4 cm³/mol. The summed E-state index contributed by atoms with van der Waals surface area (Å²) in [5.74, 6) is 1.08. The Bertz CT molecular complexity index is 338. The smallest absolute Gasteiger partial charge is 0.315 e. The first-order chi connectivity index (χ1) is 8.26. The molecule has 0 radical (unpaired) electrons. The fourth-order valence-electron chi connectivity index (χ4n) is 1.35. The van der Waals surface area contributed by atoms with Gasteiger partial charge in [0.15, 0.2) is 0 Å². The summed E-state index contributed by atoms with van der Waals surface area (Å²) in [7, 11) is 0. The Kier molecular flexibility index (Phi) is 6.55. The van der Waals surface area contributed by atoms with Crippen LogP contribution in [0, 0.1) is 0 Å². The van der Waals surface area contributed by atoms with Gasteiger partial charge in [0, 0.05) is 18.0 Å². The lowest BCUT2D eigenvalue weighted by atomic mass is 10.2. The average molecular weight is 252 g/mol. The number of urea groups is 1. The van der Waals surface area contributed by atoms with E-state index in [1.807, 2.05) is 18.7 Å². The Morgan fingerprint density at radius 2 is 1.88 bits per heavy atom. The van der Waals surface area contributed by atoms with Crippen LogP contribution in [0.1, 0.15) is 25.8 Å². The SMILES string of the molecule is CCCNC(=O)NCc1ccc(SCC)cc1. The quantitative estimate of drug-likeness (QED) is 0.764. The van der Waals surface area contributed by atoms with Gasteiger partial charge in [-0.2, -0.15) is 0 Å². The van der Waals surface area contributed by atoms with E-state index in [0.717, 1.165) is 24.3 Å². The normalized spacial score (nSPS) is 10.0. The molecule has 0 saturated carbocycles. The van der Waals surface area contributed by atoms with Crippen LogP contribution >= 0.6 is 11.8 Å². The van der Waals surface area contributed by atoms with Crippen molar-refractivity contribution in [2.75, 3.05) is 12.3 Å². The van der Waals surface area contributed by atoms with Crippen LogP contribution in [0.4, 0.5) is 4.79 Å². The molecule has 0 aromatic heterocycles. The minimum Gasteiger partial charge on any atom is -0.338 e. The van der Waals surface area contributed by atoms with Crippen molar-refractivity contribution in [1.29, 1.82) is 0 Å². The zero-order valence-corrected chi connectivity index (χ0v) is 11.3. The predicted octanol–water partition coefficient (Wildman–Crippen LogP) is 3.01. The standard InChI is InChI=1S/C13H20N2OS/c1-3-9-14-13(16)15-10-11-5-7-12(8-6-11)17-4-2/h5-8H,3-4,9-10H2,1-2H3,(H2,14,15,16). The van der Waals surface area contributed by atoms with E-state index in [0.29, 0.717) is 6.54 Å². The molecular formula is C13H20N2OS. The number of hydrogen-bond donors (Lipinski definition) is 2. The lowest BCUT2D eigenvalue weighted by molar-refractivity contribution is 0.240. The number of carbonyl (C=O) groups is 1. The van der Waals surface area contributed by atoms with Gasteiger partial charge in [0.05, 0.1) is 0 Å². The molecule has 3 nitrogen and oxygen atoms in total. The molecule has 4 heteroatoms. The molecule has 94 valence electrons. The number of hydrogen-bond acceptors (Lipinski definition) is 2. The van der Waals surface area contributed by atoms with E-state index < -0.39 is 0 Å². The number of amides is 2. The number of nitrogens with one attached hydrogen (secondary N) is 2. The van der Waals surface area contributed by atoms with Crippen molar-refractivity contribution in [2.45, 2.75) is 31.7 Å². The largest absolute Gasteiger partial charge is 0.338 e. The molecule has 0 spiro atoms. The maximum Gasteiger partial charge on any atom is 0.315 e. The van der Waals surface area contributed by atoms with Crippen molar-refractivity contribution >= 4 is 17.8 Å². The van der Waals surface area contributed by atoms with Gasteiger partial charge in [0.1, 0.15) is 0 Å². The van der Waals surface area contributed by atoms with E-state index in [-0.39, 0.29) is 6.03 Å². The highest BCUT2D eigenvalue weighted by Crippen LogP contribution is 2.17. The van der Waals surface area contributed by atoms with Gasteiger partial charge >= 0.3 is 6.03 Å². The third-order valence-electron chi connectivity index (χ3n) is 2.22. The second kappa shape index (κ2) is 8.01. The van der Waals surface area contributed by atoms with Gasteiger partial charge in [-0.25, -0.2) is 4.79 Å². The first-order valence-corrected chi connectivity index (χ1v) is 6.98. The molecule has 2 N–H and O–H groups in total. The van der Waals surface area contributed by atoms with E-state index in [4.69, 9.17) is 0 Å².